The van der Waals surface area contributed by atoms with Crippen LogP contribution in [0.5, 0.6) is 0 Å². The maximum absolute atomic E-state index is 11.5. The van der Waals surface area contributed by atoms with Gasteiger partial charge in [0.1, 0.15) is 4.90 Å². The van der Waals surface area contributed by atoms with E-state index in [0.29, 0.717) is 0 Å². The molecule has 1 rings (SSSR count). The van der Waals surface area contributed by atoms with Gasteiger partial charge in [0, 0.05) is 0 Å². The van der Waals surface area contributed by atoms with Crippen LogP contribution in [0, 0.1) is 0 Å². The van der Waals surface area contributed by atoms with E-state index in [-0.39, 0.29) is 9.92 Å². The van der Waals surface area contributed by atoms with Gasteiger partial charge in [0.15, 0.2) is 0 Å². The minimum absolute atomic E-state index is 0.0236. The van der Waals surface area contributed by atoms with Crippen molar-refractivity contribution in [1.82, 2.24) is 9.66 Å². The average Bonchev–Trinajstić information content (AvgIpc) is 2.15. The highest BCUT2D eigenvalue weighted by Crippen LogP contribution is 2.19. The van der Waals surface area contributed by atoms with Crippen molar-refractivity contribution in [3.05, 3.63) is 29.3 Å². The second-order valence-electron chi connectivity index (χ2n) is 2.39. The highest BCUT2D eigenvalue weighted by atomic mass is 35.5. The molecular formula is C6H7ClN2O4S2. The Morgan fingerprint density at radius 3 is 2.47 bits per heavy atom. The van der Waals surface area contributed by atoms with Crippen molar-refractivity contribution in [2.45, 2.75) is 4.90 Å². The summed E-state index contributed by atoms with van der Waals surface area (Å²) in [5.41, 5.74) is 0. The highest BCUT2D eigenvalue weighted by molar-refractivity contribution is 7.90. The monoisotopic (exact) mass is 270 g/mol. The number of hydrazine groups is 1. The molecule has 0 amide bonds. The summed E-state index contributed by atoms with van der Waals surface area (Å²) in [6.07, 6.45) is 0. The number of hydrogen-bond donors (Lipinski definition) is 3. The average molecular weight is 271 g/mol. The summed E-state index contributed by atoms with van der Waals surface area (Å²) in [6, 6.07) is 5.72. The highest BCUT2D eigenvalue weighted by Gasteiger charge is 2.17. The number of halogens is 1. The lowest BCUT2D eigenvalue weighted by molar-refractivity contribution is 0.535. The fourth-order valence-corrected chi connectivity index (χ4v) is 2.67. The Labute approximate surface area is 94.1 Å². The molecule has 1 unspecified atom stereocenters. The SMILES string of the molecule is O=S(O)NNS(=O)(=O)c1ccccc1Cl. The molecule has 0 aliphatic carbocycles. The predicted molar refractivity (Wildman–Crippen MR) is 55.7 cm³/mol. The van der Waals surface area contributed by atoms with Crippen LogP contribution in [0.15, 0.2) is 29.2 Å². The zero-order valence-corrected chi connectivity index (χ0v) is 9.56. The molecule has 84 valence electrons. The van der Waals surface area contributed by atoms with Gasteiger partial charge in [0.2, 0.25) is 11.3 Å². The van der Waals surface area contributed by atoms with E-state index in [4.69, 9.17) is 16.2 Å². The van der Waals surface area contributed by atoms with Crippen molar-refractivity contribution in [1.29, 1.82) is 0 Å². The molecule has 6 nitrogen and oxygen atoms in total. The van der Waals surface area contributed by atoms with Crippen LogP contribution in [0.3, 0.4) is 0 Å². The molecule has 0 saturated carbocycles. The van der Waals surface area contributed by atoms with Gasteiger partial charge in [-0.3, -0.25) is 4.55 Å². The van der Waals surface area contributed by atoms with E-state index in [2.05, 4.69) is 0 Å². The van der Waals surface area contributed by atoms with Gasteiger partial charge >= 0.3 is 0 Å². The molecule has 0 bridgehead atoms. The molecule has 3 N–H and O–H groups in total. The molecule has 1 aromatic carbocycles. The van der Waals surface area contributed by atoms with Gasteiger partial charge < -0.3 is 0 Å². The summed E-state index contributed by atoms with van der Waals surface area (Å²) >= 11 is 3.16. The van der Waals surface area contributed by atoms with Crippen LogP contribution in [0.4, 0.5) is 0 Å². The lowest BCUT2D eigenvalue weighted by atomic mass is 10.4. The number of benzene rings is 1. The molecule has 0 radical (unpaired) electrons. The van der Waals surface area contributed by atoms with Crippen LogP contribution in [-0.4, -0.2) is 17.2 Å². The molecule has 1 atom stereocenters. The Hall–Kier alpha value is -0.510. The van der Waals surface area contributed by atoms with Crippen molar-refractivity contribution in [2.75, 3.05) is 0 Å². The minimum Gasteiger partial charge on any atom is -0.293 e. The Balaban J connectivity index is 2.97. The van der Waals surface area contributed by atoms with E-state index in [1.807, 2.05) is 0 Å². The van der Waals surface area contributed by atoms with Crippen molar-refractivity contribution in [2.24, 2.45) is 0 Å². The van der Waals surface area contributed by atoms with Crippen LogP contribution in [0.2, 0.25) is 5.02 Å². The Morgan fingerprint density at radius 1 is 1.33 bits per heavy atom. The topological polar surface area (TPSA) is 95.5 Å². The van der Waals surface area contributed by atoms with Crippen molar-refractivity contribution < 1.29 is 17.2 Å². The molecule has 0 aliphatic heterocycles. The lowest BCUT2D eigenvalue weighted by Crippen LogP contribution is -2.38. The number of hydrogen-bond acceptors (Lipinski definition) is 3. The molecule has 1 aromatic rings. The molecule has 0 heterocycles. The standard InChI is InChI=1S/C6H7ClN2O4S2/c7-5-3-1-2-4-6(5)15(12,13)9-8-14(10)11/h1-4,8-9H,(H,10,11). The number of nitrogens with one attached hydrogen (secondary N) is 2. The molecule has 0 aliphatic rings. The first-order chi connectivity index (χ1) is 6.93. The Bertz CT molecular complexity index is 476. The molecule has 0 fully saturated rings. The summed E-state index contributed by atoms with van der Waals surface area (Å²) in [5, 5.41) is 0.0236. The van der Waals surface area contributed by atoms with E-state index in [0.717, 1.165) is 0 Å². The van der Waals surface area contributed by atoms with Crippen LogP contribution in [0.1, 0.15) is 0 Å². The van der Waals surface area contributed by atoms with Gasteiger partial charge in [0.25, 0.3) is 10.0 Å². The largest absolute Gasteiger partial charge is 0.293 e. The van der Waals surface area contributed by atoms with Crippen molar-refractivity contribution in [3.8, 4) is 0 Å². The minimum atomic E-state index is -3.93. The van der Waals surface area contributed by atoms with Gasteiger partial charge in [-0.2, -0.15) is 0 Å². The van der Waals surface area contributed by atoms with Crippen molar-refractivity contribution >= 4 is 32.9 Å². The third-order valence-corrected chi connectivity index (χ3v) is 3.54. The quantitative estimate of drug-likeness (QED) is 0.540. The molecule has 0 spiro atoms. The first kappa shape index (κ1) is 12.6. The van der Waals surface area contributed by atoms with E-state index in [1.165, 1.54) is 18.2 Å². The second-order valence-corrected chi connectivity index (χ2v) is 5.15. The molecule has 0 saturated heterocycles. The zero-order chi connectivity index (χ0) is 11.5. The first-order valence-electron chi connectivity index (χ1n) is 3.56. The lowest BCUT2D eigenvalue weighted by Gasteiger charge is -2.06. The summed E-state index contributed by atoms with van der Waals surface area (Å²) < 4.78 is 41.4. The second kappa shape index (κ2) is 5.01. The third kappa shape index (κ3) is 3.52. The molecular weight excluding hydrogens is 264 g/mol. The molecule has 9 heteroatoms. The predicted octanol–water partition coefficient (Wildman–Crippen LogP) is 0.260. The fraction of sp³-hybridized carbons (Fsp3) is 0. The van der Waals surface area contributed by atoms with Crippen LogP contribution in [0.25, 0.3) is 0 Å². The van der Waals surface area contributed by atoms with Crippen molar-refractivity contribution in [3.63, 3.8) is 0 Å². The van der Waals surface area contributed by atoms with E-state index >= 15 is 0 Å². The number of sulfonamides is 1. The van der Waals surface area contributed by atoms with Crippen LogP contribution in [-0.2, 0) is 21.3 Å². The van der Waals surface area contributed by atoms with E-state index < -0.39 is 21.3 Å². The van der Waals surface area contributed by atoms with Gasteiger partial charge in [-0.15, -0.1) is 9.66 Å². The maximum atomic E-state index is 11.5. The first-order valence-corrected chi connectivity index (χ1v) is 6.53. The maximum Gasteiger partial charge on any atom is 0.255 e. The smallest absolute Gasteiger partial charge is 0.255 e. The van der Waals surface area contributed by atoms with Gasteiger partial charge in [-0.1, -0.05) is 23.7 Å². The van der Waals surface area contributed by atoms with E-state index in [1.54, 1.807) is 15.7 Å². The van der Waals surface area contributed by atoms with Gasteiger partial charge in [-0.25, -0.2) is 12.6 Å². The van der Waals surface area contributed by atoms with E-state index in [9.17, 15) is 12.6 Å². The Kier molecular flexibility index (Phi) is 4.20. The summed E-state index contributed by atoms with van der Waals surface area (Å²) in [4.78, 5) is 3.17. The Morgan fingerprint density at radius 2 is 1.93 bits per heavy atom. The van der Waals surface area contributed by atoms with Crippen LogP contribution >= 0.6 is 11.6 Å². The molecule has 15 heavy (non-hydrogen) atoms. The zero-order valence-electron chi connectivity index (χ0n) is 7.18. The molecule has 0 aromatic heterocycles. The van der Waals surface area contributed by atoms with Crippen LogP contribution < -0.4 is 9.66 Å². The van der Waals surface area contributed by atoms with Gasteiger partial charge in [-0.05, 0) is 12.1 Å². The summed E-state index contributed by atoms with van der Waals surface area (Å²) in [5.74, 6) is 0. The fourth-order valence-electron chi connectivity index (χ4n) is 0.808. The van der Waals surface area contributed by atoms with Gasteiger partial charge in [0.05, 0.1) is 5.02 Å². The third-order valence-electron chi connectivity index (χ3n) is 1.39. The number of rotatable bonds is 4. The summed E-state index contributed by atoms with van der Waals surface area (Å²) in [7, 11) is -3.93. The summed E-state index contributed by atoms with van der Waals surface area (Å²) in [6.45, 7) is 0. The normalized spacial score (nSPS) is 13.7.